The zero-order valence-electron chi connectivity index (χ0n) is 22.4. The molecular weight excluding hydrogens is 456 g/mol. The Balaban J connectivity index is 1.86. The van der Waals surface area contributed by atoms with Crippen molar-refractivity contribution in [2.24, 2.45) is 10.9 Å². The Morgan fingerprint density at radius 3 is 2.25 bits per heavy atom. The van der Waals surface area contributed by atoms with Crippen LogP contribution >= 0.6 is 0 Å². The predicted molar refractivity (Wildman–Crippen MR) is 140 cm³/mol. The molecule has 1 atom stereocenters. The maximum absolute atomic E-state index is 13.7. The number of carbonyl (C=O) groups excluding carboxylic acids is 2. The molecule has 2 heterocycles. The minimum absolute atomic E-state index is 0.207. The Kier molecular flexibility index (Phi) is 11.3. The van der Waals surface area contributed by atoms with Gasteiger partial charge in [-0.3, -0.25) is 10.1 Å². The lowest BCUT2D eigenvalue weighted by Crippen LogP contribution is -2.56. The van der Waals surface area contributed by atoms with Crippen molar-refractivity contribution in [1.29, 1.82) is 5.26 Å². The molecule has 0 aromatic rings. The number of piperidine rings is 1. The summed E-state index contributed by atoms with van der Waals surface area (Å²) in [6.07, 6.45) is 12.6. The second kappa shape index (κ2) is 14.4. The standard InChI is InChI=1S/C27H46N6O3/c1-3-36-26(35)30-25(33-16-10-5-4-6-11-17-33)29-23(20-22-12-8-7-9-13-22)24(34)31-27(21-28)14-18-32(2)19-15-27/h22-23H,3-20H2,1-2H3,(H,31,34)(H,29,30,35). The van der Waals surface area contributed by atoms with E-state index in [2.05, 4.69) is 26.5 Å². The van der Waals surface area contributed by atoms with E-state index in [9.17, 15) is 14.9 Å². The minimum atomic E-state index is -0.862. The molecule has 3 aliphatic rings. The van der Waals surface area contributed by atoms with Gasteiger partial charge in [0.25, 0.3) is 0 Å². The molecule has 2 amide bonds. The number of guanidine groups is 1. The van der Waals surface area contributed by atoms with Gasteiger partial charge in [0, 0.05) is 26.2 Å². The molecule has 36 heavy (non-hydrogen) atoms. The molecule has 0 aromatic carbocycles. The zero-order valence-corrected chi connectivity index (χ0v) is 22.4. The van der Waals surface area contributed by atoms with Gasteiger partial charge in [-0.1, -0.05) is 51.4 Å². The highest BCUT2D eigenvalue weighted by atomic mass is 16.5. The minimum Gasteiger partial charge on any atom is -0.450 e. The number of nitriles is 1. The van der Waals surface area contributed by atoms with Gasteiger partial charge in [-0.2, -0.15) is 5.26 Å². The lowest BCUT2D eigenvalue weighted by atomic mass is 9.84. The smallest absolute Gasteiger partial charge is 0.413 e. The van der Waals surface area contributed by atoms with Gasteiger partial charge in [-0.15, -0.1) is 0 Å². The van der Waals surface area contributed by atoms with Crippen LogP contribution in [0.2, 0.25) is 0 Å². The van der Waals surface area contributed by atoms with E-state index in [4.69, 9.17) is 9.73 Å². The molecule has 1 saturated carbocycles. The molecule has 0 bridgehead atoms. The molecule has 3 fully saturated rings. The molecular formula is C27H46N6O3. The molecule has 0 aromatic heterocycles. The van der Waals surface area contributed by atoms with Crippen LogP contribution in [-0.4, -0.2) is 79.2 Å². The van der Waals surface area contributed by atoms with Gasteiger partial charge in [0.2, 0.25) is 11.9 Å². The predicted octanol–water partition coefficient (Wildman–Crippen LogP) is 3.80. The summed E-state index contributed by atoms with van der Waals surface area (Å²) in [5, 5.41) is 16.0. The maximum atomic E-state index is 13.7. The van der Waals surface area contributed by atoms with E-state index in [0.29, 0.717) is 31.1 Å². The Hall–Kier alpha value is -2.34. The molecule has 2 saturated heterocycles. The van der Waals surface area contributed by atoms with Gasteiger partial charge in [0.15, 0.2) is 0 Å². The first-order valence-electron chi connectivity index (χ1n) is 14.1. The third kappa shape index (κ3) is 8.65. The van der Waals surface area contributed by atoms with Gasteiger partial charge >= 0.3 is 6.09 Å². The monoisotopic (exact) mass is 502 g/mol. The summed E-state index contributed by atoms with van der Waals surface area (Å²) in [6, 6.07) is 1.75. The number of nitrogens with zero attached hydrogens (tertiary/aromatic N) is 4. The number of hydrogen-bond donors (Lipinski definition) is 2. The van der Waals surface area contributed by atoms with Gasteiger partial charge in [0.1, 0.15) is 11.6 Å². The molecule has 202 valence electrons. The third-order valence-electron chi connectivity index (χ3n) is 7.92. The number of nitrogens with one attached hydrogen (secondary N) is 2. The second-order valence-electron chi connectivity index (χ2n) is 10.8. The fourth-order valence-corrected chi connectivity index (χ4v) is 5.60. The molecule has 1 aliphatic carbocycles. The third-order valence-corrected chi connectivity index (χ3v) is 7.92. The van der Waals surface area contributed by atoms with Crippen molar-refractivity contribution >= 4 is 18.0 Å². The topological polar surface area (TPSA) is 110 Å². The average Bonchev–Trinajstić information content (AvgIpc) is 2.85. The van der Waals surface area contributed by atoms with Crippen molar-refractivity contribution in [2.45, 2.75) is 102 Å². The molecule has 9 heteroatoms. The molecule has 1 unspecified atom stereocenters. The van der Waals surface area contributed by atoms with Crippen molar-refractivity contribution in [3.63, 3.8) is 0 Å². The van der Waals surface area contributed by atoms with Crippen LogP contribution < -0.4 is 10.6 Å². The molecule has 2 N–H and O–H groups in total. The summed E-state index contributed by atoms with van der Waals surface area (Å²) in [6.45, 7) is 5.16. The van der Waals surface area contributed by atoms with Crippen LogP contribution in [0, 0.1) is 17.2 Å². The normalized spacial score (nSPS) is 23.0. The number of carbonyl (C=O) groups is 2. The zero-order chi connectivity index (χ0) is 25.8. The van der Waals surface area contributed by atoms with E-state index in [0.717, 1.165) is 64.7 Å². The molecule has 9 nitrogen and oxygen atoms in total. The van der Waals surface area contributed by atoms with Gasteiger partial charge in [-0.25, -0.2) is 9.79 Å². The van der Waals surface area contributed by atoms with Crippen LogP contribution in [-0.2, 0) is 9.53 Å². The number of rotatable bonds is 6. The van der Waals surface area contributed by atoms with Crippen LogP contribution in [0.25, 0.3) is 0 Å². The maximum Gasteiger partial charge on any atom is 0.413 e. The number of ether oxygens (including phenoxy) is 1. The van der Waals surface area contributed by atoms with E-state index in [1.165, 1.54) is 25.7 Å². The largest absolute Gasteiger partial charge is 0.450 e. The summed E-state index contributed by atoms with van der Waals surface area (Å²) in [5.41, 5.74) is -0.862. The van der Waals surface area contributed by atoms with Crippen LogP contribution in [0.15, 0.2) is 4.99 Å². The Morgan fingerprint density at radius 2 is 1.64 bits per heavy atom. The lowest BCUT2D eigenvalue weighted by Gasteiger charge is -2.37. The summed E-state index contributed by atoms with van der Waals surface area (Å²) in [5.74, 6) is 0.646. The lowest BCUT2D eigenvalue weighted by molar-refractivity contribution is -0.124. The highest BCUT2D eigenvalue weighted by Crippen LogP contribution is 2.29. The van der Waals surface area contributed by atoms with Crippen LogP contribution in [0.5, 0.6) is 0 Å². The highest BCUT2D eigenvalue weighted by molar-refractivity contribution is 5.96. The summed E-state index contributed by atoms with van der Waals surface area (Å²) in [4.78, 5) is 35.4. The van der Waals surface area contributed by atoms with Crippen molar-refractivity contribution in [1.82, 2.24) is 20.4 Å². The first-order valence-corrected chi connectivity index (χ1v) is 14.1. The molecule has 3 rings (SSSR count). The number of hydrogen-bond acceptors (Lipinski definition) is 6. The van der Waals surface area contributed by atoms with E-state index >= 15 is 0 Å². The Morgan fingerprint density at radius 1 is 1.03 bits per heavy atom. The number of alkyl carbamates (subject to hydrolysis) is 1. The van der Waals surface area contributed by atoms with E-state index in [-0.39, 0.29) is 12.5 Å². The van der Waals surface area contributed by atoms with Gasteiger partial charge < -0.3 is 19.9 Å². The first-order chi connectivity index (χ1) is 17.4. The first kappa shape index (κ1) is 28.2. The van der Waals surface area contributed by atoms with E-state index in [1.807, 2.05) is 7.05 Å². The fourth-order valence-electron chi connectivity index (χ4n) is 5.60. The Bertz CT molecular complexity index is 773. The second-order valence-corrected chi connectivity index (χ2v) is 10.8. The van der Waals surface area contributed by atoms with Crippen molar-refractivity contribution in [3.8, 4) is 6.07 Å². The van der Waals surface area contributed by atoms with Crippen molar-refractivity contribution in [3.05, 3.63) is 0 Å². The number of amides is 2. The van der Waals surface area contributed by atoms with Crippen molar-refractivity contribution < 1.29 is 14.3 Å². The van der Waals surface area contributed by atoms with Crippen LogP contribution in [0.4, 0.5) is 4.79 Å². The molecule has 2 aliphatic heterocycles. The van der Waals surface area contributed by atoms with E-state index < -0.39 is 17.7 Å². The molecule has 0 spiro atoms. The SMILES string of the molecule is CCOC(=O)NC(=NC(CC1CCCCC1)C(=O)NC1(C#N)CCN(C)CC1)N1CCCCCCC1. The average molecular weight is 503 g/mol. The summed E-state index contributed by atoms with van der Waals surface area (Å²) in [7, 11) is 2.04. The number of likely N-dealkylation sites (tertiary alicyclic amines) is 2. The van der Waals surface area contributed by atoms with E-state index in [1.54, 1.807) is 6.92 Å². The van der Waals surface area contributed by atoms with Gasteiger partial charge in [0.05, 0.1) is 12.7 Å². The summed E-state index contributed by atoms with van der Waals surface area (Å²) >= 11 is 0. The van der Waals surface area contributed by atoms with Gasteiger partial charge in [-0.05, 0) is 52.0 Å². The number of aliphatic imine (C=N–C) groups is 1. The van der Waals surface area contributed by atoms with Crippen LogP contribution in [0.1, 0.15) is 90.4 Å². The Labute approximate surface area is 217 Å². The molecule has 0 radical (unpaired) electrons. The van der Waals surface area contributed by atoms with Crippen molar-refractivity contribution in [2.75, 3.05) is 39.8 Å². The summed E-state index contributed by atoms with van der Waals surface area (Å²) < 4.78 is 5.17. The van der Waals surface area contributed by atoms with Crippen LogP contribution in [0.3, 0.4) is 0 Å². The fraction of sp³-hybridized carbons (Fsp3) is 0.852. The highest BCUT2D eigenvalue weighted by Gasteiger charge is 2.38. The quantitative estimate of drug-likeness (QED) is 0.422.